The van der Waals surface area contributed by atoms with E-state index in [2.05, 4.69) is 20.9 Å². The normalized spacial score (nSPS) is 10.3. The third-order valence-electron chi connectivity index (χ3n) is 2.70. The molecule has 0 spiro atoms. The Balaban J connectivity index is 2.10. The lowest BCUT2D eigenvalue weighted by Gasteiger charge is -2.11. The molecule has 0 fully saturated rings. The third-order valence-corrected chi connectivity index (χ3v) is 3.32. The summed E-state index contributed by atoms with van der Waals surface area (Å²) in [5, 5.41) is 0. The van der Waals surface area contributed by atoms with Crippen molar-refractivity contribution in [3.63, 3.8) is 0 Å². The molecule has 0 amide bonds. The van der Waals surface area contributed by atoms with Gasteiger partial charge in [0.25, 0.3) is 0 Å². The van der Waals surface area contributed by atoms with Crippen molar-refractivity contribution in [3.8, 4) is 11.5 Å². The molecule has 2 rings (SSSR count). The second-order valence-corrected chi connectivity index (χ2v) is 4.75. The molecule has 2 N–H and O–H groups in total. The summed E-state index contributed by atoms with van der Waals surface area (Å²) < 4.78 is 11.8. The Morgan fingerprint density at radius 2 is 2.16 bits per heavy atom. The molecule has 1 aromatic heterocycles. The van der Waals surface area contributed by atoms with E-state index in [-0.39, 0.29) is 0 Å². The van der Waals surface area contributed by atoms with Crippen molar-refractivity contribution in [2.45, 2.75) is 13.2 Å². The number of hydrogen-bond donors (Lipinski definition) is 1. The average molecular weight is 323 g/mol. The van der Waals surface area contributed by atoms with Gasteiger partial charge in [-0.3, -0.25) is 4.98 Å². The van der Waals surface area contributed by atoms with Crippen LogP contribution in [0.1, 0.15) is 11.3 Å². The van der Waals surface area contributed by atoms with E-state index in [1.165, 1.54) is 0 Å². The molecule has 0 saturated heterocycles. The Bertz CT molecular complexity index is 561. The molecule has 5 heteroatoms. The molecule has 19 heavy (non-hydrogen) atoms. The molecule has 0 unspecified atom stereocenters. The quantitative estimate of drug-likeness (QED) is 0.919. The Labute approximate surface area is 120 Å². The van der Waals surface area contributed by atoms with Crippen LogP contribution in [0.2, 0.25) is 0 Å². The minimum Gasteiger partial charge on any atom is -0.497 e. The van der Waals surface area contributed by atoms with Crippen molar-refractivity contribution in [2.75, 3.05) is 7.11 Å². The number of nitrogens with two attached hydrogens (primary N) is 1. The van der Waals surface area contributed by atoms with Gasteiger partial charge in [-0.2, -0.15) is 0 Å². The van der Waals surface area contributed by atoms with Gasteiger partial charge >= 0.3 is 0 Å². The molecule has 0 atom stereocenters. The van der Waals surface area contributed by atoms with E-state index in [0.29, 0.717) is 13.2 Å². The maximum atomic E-state index is 5.77. The summed E-state index contributed by atoms with van der Waals surface area (Å²) in [6.45, 7) is 0.842. The molecule has 0 radical (unpaired) electrons. The molecule has 2 aromatic rings. The third kappa shape index (κ3) is 3.45. The lowest BCUT2D eigenvalue weighted by molar-refractivity contribution is 0.301. The fourth-order valence-electron chi connectivity index (χ4n) is 1.67. The van der Waals surface area contributed by atoms with E-state index in [0.717, 1.165) is 27.2 Å². The van der Waals surface area contributed by atoms with E-state index in [1.54, 1.807) is 13.3 Å². The highest BCUT2D eigenvalue weighted by Crippen LogP contribution is 2.29. The molecule has 4 nitrogen and oxygen atoms in total. The number of rotatable bonds is 5. The number of pyridine rings is 1. The second-order valence-electron chi connectivity index (χ2n) is 3.90. The first-order valence-electron chi connectivity index (χ1n) is 5.83. The number of hydrogen-bond acceptors (Lipinski definition) is 4. The van der Waals surface area contributed by atoms with Gasteiger partial charge < -0.3 is 15.2 Å². The number of ether oxygens (including phenoxy) is 2. The predicted molar refractivity (Wildman–Crippen MR) is 77.2 cm³/mol. The van der Waals surface area contributed by atoms with Crippen LogP contribution in [0.15, 0.2) is 41.0 Å². The zero-order valence-electron chi connectivity index (χ0n) is 10.6. The van der Waals surface area contributed by atoms with Crippen LogP contribution in [0.4, 0.5) is 0 Å². The Hall–Kier alpha value is -1.59. The number of benzene rings is 1. The van der Waals surface area contributed by atoms with Crippen LogP contribution in [0.25, 0.3) is 0 Å². The van der Waals surface area contributed by atoms with Crippen molar-refractivity contribution in [1.82, 2.24) is 4.98 Å². The number of methoxy groups -OCH3 is 1. The van der Waals surface area contributed by atoms with Crippen LogP contribution in [0.5, 0.6) is 11.5 Å². The van der Waals surface area contributed by atoms with E-state index in [4.69, 9.17) is 15.2 Å². The summed E-state index contributed by atoms with van der Waals surface area (Å²) in [7, 11) is 1.63. The summed E-state index contributed by atoms with van der Waals surface area (Å²) in [6.07, 6.45) is 1.73. The van der Waals surface area contributed by atoms with Gasteiger partial charge in [-0.1, -0.05) is 6.07 Å². The monoisotopic (exact) mass is 322 g/mol. The first kappa shape index (κ1) is 13.8. The molecule has 0 aliphatic rings. The topological polar surface area (TPSA) is 57.4 Å². The number of nitrogens with zero attached hydrogens (tertiary/aromatic N) is 1. The lowest BCUT2D eigenvalue weighted by atomic mass is 10.2. The highest BCUT2D eigenvalue weighted by Gasteiger charge is 2.06. The summed E-state index contributed by atoms with van der Waals surface area (Å²) in [6, 6.07) is 9.42. The van der Waals surface area contributed by atoms with Gasteiger partial charge in [0.2, 0.25) is 0 Å². The average Bonchev–Trinajstić information content (AvgIpc) is 2.46. The van der Waals surface area contributed by atoms with E-state index in [1.807, 2.05) is 30.3 Å². The van der Waals surface area contributed by atoms with Crippen LogP contribution >= 0.6 is 15.9 Å². The van der Waals surface area contributed by atoms with Gasteiger partial charge in [-0.25, -0.2) is 0 Å². The maximum Gasteiger partial charge on any atom is 0.134 e. The molecular formula is C14H15BrN2O2. The molecule has 1 aromatic carbocycles. The van der Waals surface area contributed by atoms with Crippen LogP contribution in [0.3, 0.4) is 0 Å². The molecule has 0 aliphatic carbocycles. The van der Waals surface area contributed by atoms with Crippen LogP contribution in [0, 0.1) is 0 Å². The summed E-state index contributed by atoms with van der Waals surface area (Å²) in [5.74, 6) is 1.54. The van der Waals surface area contributed by atoms with Gasteiger partial charge in [0.15, 0.2) is 0 Å². The summed E-state index contributed by atoms with van der Waals surface area (Å²) in [5.41, 5.74) is 7.49. The Morgan fingerprint density at radius 3 is 2.84 bits per heavy atom. The van der Waals surface area contributed by atoms with Crippen molar-refractivity contribution >= 4 is 15.9 Å². The van der Waals surface area contributed by atoms with Crippen molar-refractivity contribution < 1.29 is 9.47 Å². The Morgan fingerprint density at radius 1 is 1.32 bits per heavy atom. The van der Waals surface area contributed by atoms with Gasteiger partial charge in [-0.15, -0.1) is 0 Å². The first-order chi connectivity index (χ1) is 9.24. The van der Waals surface area contributed by atoms with Crippen molar-refractivity contribution in [1.29, 1.82) is 0 Å². The summed E-state index contributed by atoms with van der Waals surface area (Å²) in [4.78, 5) is 4.22. The van der Waals surface area contributed by atoms with E-state index in [9.17, 15) is 0 Å². The highest BCUT2D eigenvalue weighted by molar-refractivity contribution is 9.10. The largest absolute Gasteiger partial charge is 0.497 e. The van der Waals surface area contributed by atoms with Gasteiger partial charge in [0.05, 0.1) is 17.3 Å². The van der Waals surface area contributed by atoms with Crippen LogP contribution in [-0.2, 0) is 13.2 Å². The lowest BCUT2D eigenvalue weighted by Crippen LogP contribution is -2.06. The standard InChI is InChI=1S/C14H15BrN2O2/c1-18-11-4-5-14(12(15)7-11)19-9-10-3-2-6-17-13(10)8-16/h2-7H,8-9,16H2,1H3. The minimum absolute atomic E-state index is 0.406. The smallest absolute Gasteiger partial charge is 0.134 e. The fraction of sp³-hybridized carbons (Fsp3) is 0.214. The van der Waals surface area contributed by atoms with Gasteiger partial charge in [0.1, 0.15) is 18.1 Å². The molecule has 0 bridgehead atoms. The number of aromatic nitrogens is 1. The van der Waals surface area contributed by atoms with Gasteiger partial charge in [-0.05, 0) is 40.2 Å². The maximum absolute atomic E-state index is 5.77. The first-order valence-corrected chi connectivity index (χ1v) is 6.63. The zero-order chi connectivity index (χ0) is 13.7. The Kier molecular flexibility index (Phi) is 4.76. The van der Waals surface area contributed by atoms with Crippen LogP contribution in [-0.4, -0.2) is 12.1 Å². The molecule has 0 saturated carbocycles. The summed E-state index contributed by atoms with van der Waals surface area (Å²) >= 11 is 3.45. The van der Waals surface area contributed by atoms with E-state index < -0.39 is 0 Å². The predicted octanol–water partition coefficient (Wildman–Crippen LogP) is 2.89. The second kappa shape index (κ2) is 6.54. The van der Waals surface area contributed by atoms with Crippen molar-refractivity contribution in [2.24, 2.45) is 5.73 Å². The molecular weight excluding hydrogens is 308 g/mol. The number of halogens is 1. The zero-order valence-corrected chi connectivity index (χ0v) is 12.2. The highest BCUT2D eigenvalue weighted by atomic mass is 79.9. The van der Waals surface area contributed by atoms with Gasteiger partial charge in [0, 0.05) is 18.3 Å². The molecule has 1 heterocycles. The molecule has 100 valence electrons. The minimum atomic E-state index is 0.406. The van der Waals surface area contributed by atoms with E-state index >= 15 is 0 Å². The SMILES string of the molecule is COc1ccc(OCc2cccnc2CN)c(Br)c1. The fourth-order valence-corrected chi connectivity index (χ4v) is 2.14. The molecule has 0 aliphatic heterocycles. The van der Waals surface area contributed by atoms with Crippen molar-refractivity contribution in [3.05, 3.63) is 52.3 Å². The van der Waals surface area contributed by atoms with Crippen LogP contribution < -0.4 is 15.2 Å².